The van der Waals surface area contributed by atoms with Gasteiger partial charge in [-0.2, -0.15) is 0 Å². The molecule has 0 saturated heterocycles. The zero-order valence-corrected chi connectivity index (χ0v) is 9.05. The van der Waals surface area contributed by atoms with Gasteiger partial charge in [0.05, 0.1) is 6.42 Å². The molecule has 0 bridgehead atoms. The van der Waals surface area contributed by atoms with Gasteiger partial charge in [0.15, 0.2) is 0 Å². The molecule has 0 aliphatic heterocycles. The van der Waals surface area contributed by atoms with Crippen LogP contribution in [0, 0.1) is 27.2 Å². The van der Waals surface area contributed by atoms with Crippen LogP contribution in [0.5, 0.6) is 5.75 Å². The Kier molecular flexibility index (Phi) is 3.28. The molecule has 2 heteroatoms. The highest BCUT2D eigenvalue weighted by atomic mass is 16.5. The van der Waals surface area contributed by atoms with Crippen LogP contribution in [0.15, 0.2) is 12.1 Å². The predicted molar refractivity (Wildman–Crippen MR) is 56.3 cm³/mol. The lowest BCUT2D eigenvalue weighted by Crippen LogP contribution is -2.08. The number of hydrogen-bond acceptors (Lipinski definition) is 2. The Bertz CT molecular complexity index is 330. The molecule has 2 nitrogen and oxygen atoms in total. The van der Waals surface area contributed by atoms with Crippen LogP contribution in [0.1, 0.15) is 23.6 Å². The lowest BCUT2D eigenvalue weighted by Gasteiger charge is -2.10. The van der Waals surface area contributed by atoms with Crippen LogP contribution < -0.4 is 4.74 Å². The molecule has 75 valence electrons. The van der Waals surface area contributed by atoms with Gasteiger partial charge in [-0.25, -0.2) is 0 Å². The topological polar surface area (TPSA) is 26.3 Å². The molecule has 0 N–H and O–H groups in total. The molecular weight excluding hydrogens is 176 g/mol. The molecule has 0 heterocycles. The smallest absolute Gasteiger partial charge is 0.314 e. The van der Waals surface area contributed by atoms with Gasteiger partial charge in [0, 0.05) is 0 Å². The first-order valence-corrected chi connectivity index (χ1v) is 4.63. The Hall–Kier alpha value is -1.31. The van der Waals surface area contributed by atoms with Gasteiger partial charge < -0.3 is 4.74 Å². The zero-order valence-electron chi connectivity index (χ0n) is 9.05. The van der Waals surface area contributed by atoms with E-state index in [2.05, 4.69) is 0 Å². The molecule has 1 aromatic carbocycles. The lowest BCUT2D eigenvalue weighted by molar-refractivity contribution is -0.130. The monoisotopic (exact) mass is 191 g/mol. The van der Waals surface area contributed by atoms with Gasteiger partial charge in [0.2, 0.25) is 0 Å². The third-order valence-corrected chi connectivity index (χ3v) is 2.04. The molecule has 1 radical (unpaired) electrons. The van der Waals surface area contributed by atoms with Gasteiger partial charge in [-0.15, -0.1) is 0 Å². The molecule has 0 unspecified atom stereocenters. The van der Waals surface area contributed by atoms with E-state index in [-0.39, 0.29) is 5.97 Å². The van der Waals surface area contributed by atoms with E-state index in [9.17, 15) is 4.79 Å². The summed E-state index contributed by atoms with van der Waals surface area (Å²) in [6, 6.07) is 4.01. The molecule has 1 aromatic rings. The van der Waals surface area contributed by atoms with Crippen LogP contribution >= 0.6 is 0 Å². The Morgan fingerprint density at radius 1 is 1.21 bits per heavy atom. The van der Waals surface area contributed by atoms with Crippen molar-refractivity contribution in [1.82, 2.24) is 0 Å². The van der Waals surface area contributed by atoms with Gasteiger partial charge in [-0.3, -0.25) is 4.79 Å². The van der Waals surface area contributed by atoms with E-state index in [1.54, 1.807) is 6.92 Å². The molecule has 0 aromatic heterocycles. The zero-order chi connectivity index (χ0) is 10.7. The SMILES string of the molecule is C[CH]C(=O)Oc1c(C)cc(C)cc1C. The first-order chi connectivity index (χ1) is 6.54. The molecule has 0 aliphatic rings. The fraction of sp³-hybridized carbons (Fsp3) is 0.333. The van der Waals surface area contributed by atoms with Gasteiger partial charge >= 0.3 is 5.97 Å². The maximum atomic E-state index is 11.1. The summed E-state index contributed by atoms with van der Waals surface area (Å²) in [6.45, 7) is 7.58. The maximum absolute atomic E-state index is 11.1. The van der Waals surface area contributed by atoms with Crippen molar-refractivity contribution in [3.8, 4) is 5.75 Å². The largest absolute Gasteiger partial charge is 0.426 e. The maximum Gasteiger partial charge on any atom is 0.314 e. The van der Waals surface area contributed by atoms with Crippen LogP contribution in [0.2, 0.25) is 0 Å². The fourth-order valence-electron chi connectivity index (χ4n) is 1.49. The first kappa shape index (κ1) is 10.8. The average molecular weight is 191 g/mol. The summed E-state index contributed by atoms with van der Waals surface area (Å²) in [5.41, 5.74) is 3.18. The number of carbonyl (C=O) groups is 1. The summed E-state index contributed by atoms with van der Waals surface area (Å²) in [6.07, 6.45) is 1.42. The van der Waals surface area contributed by atoms with Crippen molar-refractivity contribution < 1.29 is 9.53 Å². The first-order valence-electron chi connectivity index (χ1n) is 4.63. The van der Waals surface area contributed by atoms with Crippen LogP contribution in [0.4, 0.5) is 0 Å². The summed E-state index contributed by atoms with van der Waals surface area (Å²) in [5.74, 6) is 0.374. The van der Waals surface area contributed by atoms with Crippen molar-refractivity contribution in [3.63, 3.8) is 0 Å². The number of rotatable bonds is 2. The van der Waals surface area contributed by atoms with Gasteiger partial charge in [0.25, 0.3) is 0 Å². The Labute approximate surface area is 84.9 Å². The standard InChI is InChI=1S/C12H15O2/c1-5-11(13)14-12-9(3)6-8(2)7-10(12)4/h5-7H,1-4H3. The Balaban J connectivity index is 3.02. The second kappa shape index (κ2) is 4.27. The van der Waals surface area contributed by atoms with Gasteiger partial charge in [-0.1, -0.05) is 24.6 Å². The summed E-state index contributed by atoms with van der Waals surface area (Å²) >= 11 is 0. The molecule has 0 fully saturated rings. The van der Waals surface area contributed by atoms with E-state index in [1.807, 2.05) is 32.9 Å². The molecule has 1 rings (SSSR count). The number of hydrogen-bond donors (Lipinski definition) is 0. The van der Waals surface area contributed by atoms with E-state index < -0.39 is 0 Å². The third kappa shape index (κ3) is 2.34. The van der Waals surface area contributed by atoms with E-state index in [4.69, 9.17) is 4.74 Å². The number of carbonyl (C=O) groups excluding carboxylic acids is 1. The number of benzene rings is 1. The summed E-state index contributed by atoms with van der Waals surface area (Å²) in [7, 11) is 0. The minimum Gasteiger partial charge on any atom is -0.426 e. The van der Waals surface area contributed by atoms with Gasteiger partial charge in [-0.05, 0) is 31.9 Å². The van der Waals surface area contributed by atoms with Crippen molar-refractivity contribution in [2.45, 2.75) is 27.7 Å². The second-order valence-electron chi connectivity index (χ2n) is 3.44. The lowest BCUT2D eigenvalue weighted by atomic mass is 10.1. The molecular formula is C12H15O2. The van der Waals surface area contributed by atoms with E-state index in [0.717, 1.165) is 11.1 Å². The molecule has 0 saturated carbocycles. The molecule has 0 amide bonds. The average Bonchev–Trinajstić information content (AvgIpc) is 2.10. The highest BCUT2D eigenvalue weighted by molar-refractivity contribution is 5.81. The summed E-state index contributed by atoms with van der Waals surface area (Å²) in [5, 5.41) is 0. The molecule has 0 spiro atoms. The molecule has 0 aliphatic carbocycles. The van der Waals surface area contributed by atoms with Crippen molar-refractivity contribution in [2.24, 2.45) is 0 Å². The Morgan fingerprint density at radius 3 is 2.14 bits per heavy atom. The number of ether oxygens (including phenoxy) is 1. The highest BCUT2D eigenvalue weighted by Crippen LogP contribution is 2.24. The molecule has 14 heavy (non-hydrogen) atoms. The van der Waals surface area contributed by atoms with Crippen LogP contribution in [-0.4, -0.2) is 5.97 Å². The third-order valence-electron chi connectivity index (χ3n) is 2.04. The predicted octanol–water partition coefficient (Wildman–Crippen LogP) is 2.74. The van der Waals surface area contributed by atoms with E-state index >= 15 is 0 Å². The van der Waals surface area contributed by atoms with Crippen molar-refractivity contribution in [3.05, 3.63) is 35.2 Å². The minimum atomic E-state index is -0.306. The molecule has 0 atom stereocenters. The number of aryl methyl sites for hydroxylation is 3. The van der Waals surface area contributed by atoms with Crippen LogP contribution in [0.25, 0.3) is 0 Å². The quantitative estimate of drug-likeness (QED) is 0.530. The number of esters is 1. The second-order valence-corrected chi connectivity index (χ2v) is 3.44. The van der Waals surface area contributed by atoms with Gasteiger partial charge in [0.1, 0.15) is 5.75 Å². The van der Waals surface area contributed by atoms with Crippen LogP contribution in [0.3, 0.4) is 0 Å². The van der Waals surface area contributed by atoms with Crippen molar-refractivity contribution >= 4 is 5.97 Å². The summed E-state index contributed by atoms with van der Waals surface area (Å²) in [4.78, 5) is 11.1. The fourth-order valence-corrected chi connectivity index (χ4v) is 1.49. The van der Waals surface area contributed by atoms with E-state index in [0.29, 0.717) is 5.75 Å². The minimum absolute atomic E-state index is 0.306. The van der Waals surface area contributed by atoms with Crippen molar-refractivity contribution in [1.29, 1.82) is 0 Å². The Morgan fingerprint density at radius 2 is 1.71 bits per heavy atom. The van der Waals surface area contributed by atoms with Crippen molar-refractivity contribution in [2.75, 3.05) is 0 Å². The van der Waals surface area contributed by atoms with Crippen LogP contribution in [-0.2, 0) is 4.79 Å². The van der Waals surface area contributed by atoms with E-state index in [1.165, 1.54) is 12.0 Å². The highest BCUT2D eigenvalue weighted by Gasteiger charge is 2.08. The summed E-state index contributed by atoms with van der Waals surface area (Å²) < 4.78 is 5.19. The normalized spacial score (nSPS) is 10.0.